The summed E-state index contributed by atoms with van der Waals surface area (Å²) in [5, 5.41) is 76.9. The first kappa shape index (κ1) is 62.0. The Balaban J connectivity index is 1.02. The number of carbonyl (C=O) groups is 1. The smallest absolute Gasteiger partial charge is 0.312 e. The van der Waals surface area contributed by atoms with E-state index in [1.54, 1.807) is 45.5 Å². The minimum absolute atomic E-state index is 0.101. The van der Waals surface area contributed by atoms with E-state index in [0.717, 1.165) is 42.9 Å². The number of alkyl halides is 1. The van der Waals surface area contributed by atoms with E-state index in [4.69, 9.17) is 28.4 Å². The molecule has 0 spiro atoms. The number of likely N-dealkylation sites (N-methyl/N-ethyl adjacent to an activating group) is 2. The molecule has 0 amide bonds. The summed E-state index contributed by atoms with van der Waals surface area (Å²) in [7, 11) is 5.29. The molecule has 0 radical (unpaired) electrons. The summed E-state index contributed by atoms with van der Waals surface area (Å²) in [5.41, 5.74) is -0.0739. The maximum atomic E-state index is 14.4. The second-order valence-electron chi connectivity index (χ2n) is 23.2. The molecule has 3 aliphatic rings. The van der Waals surface area contributed by atoms with Crippen molar-refractivity contribution in [2.45, 2.75) is 202 Å². The Labute approximate surface area is 473 Å². The number of ether oxygens (including phenoxy) is 6. The average molecular weight is 1200 g/mol. The number of halogens is 1. The summed E-state index contributed by atoms with van der Waals surface area (Å²) in [6, 6.07) is 13.1. The van der Waals surface area contributed by atoms with Gasteiger partial charge < -0.3 is 63.8 Å². The van der Waals surface area contributed by atoms with Gasteiger partial charge in [0.25, 0.3) is 0 Å². The third-order valence-corrected chi connectivity index (χ3v) is 18.1. The second-order valence-corrected chi connectivity index (χ2v) is 24.3. The van der Waals surface area contributed by atoms with E-state index < -0.39 is 100 Å². The summed E-state index contributed by atoms with van der Waals surface area (Å²) in [5.74, 6) is -2.80. The highest BCUT2D eigenvalue weighted by Gasteiger charge is 2.53. The number of methoxy groups -OCH3 is 1. The highest BCUT2D eigenvalue weighted by Crippen LogP contribution is 2.40. The molecule has 0 aliphatic carbocycles. The van der Waals surface area contributed by atoms with E-state index in [2.05, 4.69) is 42.6 Å². The monoisotopic (exact) mass is 1200 g/mol. The number of unbranched alkanes of at least 4 members (excludes halogenated alkanes) is 1. The van der Waals surface area contributed by atoms with Gasteiger partial charge in [0, 0.05) is 70.0 Å². The minimum atomic E-state index is -1.86. The van der Waals surface area contributed by atoms with Crippen LogP contribution < -0.4 is 0 Å². The van der Waals surface area contributed by atoms with Crippen molar-refractivity contribution in [2.24, 2.45) is 17.8 Å². The fourth-order valence-corrected chi connectivity index (χ4v) is 12.1. The number of benzene rings is 1. The average Bonchev–Trinajstić information content (AvgIpc) is 4.13. The molecule has 0 unspecified atom stereocenters. The lowest BCUT2D eigenvalue weighted by molar-refractivity contribution is -0.318. The molecule has 4 aromatic rings. The van der Waals surface area contributed by atoms with Crippen LogP contribution in [-0.2, 0) is 52.6 Å². The largest absolute Gasteiger partial charge is 0.448 e. The summed E-state index contributed by atoms with van der Waals surface area (Å²) >= 11 is 1.83. The van der Waals surface area contributed by atoms with Crippen LogP contribution in [0, 0.1) is 17.8 Å². The predicted octanol–water partition coefficient (Wildman–Crippen LogP) is 4.75. The number of hydrogen-bond acceptors (Lipinski definition) is 19. The number of rotatable bonds is 16. The second kappa shape index (κ2) is 26.5. The zero-order chi connectivity index (χ0) is 56.9. The zero-order valence-corrected chi connectivity index (χ0v) is 49.7. The Kier molecular flexibility index (Phi) is 21.1. The van der Waals surface area contributed by atoms with Crippen molar-refractivity contribution < 1.29 is 58.7 Å². The van der Waals surface area contributed by atoms with Gasteiger partial charge in [0.1, 0.15) is 29.6 Å². The first-order valence-electron chi connectivity index (χ1n) is 27.5. The Morgan fingerprint density at radius 3 is 2.29 bits per heavy atom. The number of aliphatic hydroxyl groups is 5. The van der Waals surface area contributed by atoms with E-state index in [1.165, 1.54) is 19.6 Å². The molecule has 18 atom stereocenters. The first-order chi connectivity index (χ1) is 36.8. The van der Waals surface area contributed by atoms with Crippen LogP contribution in [-0.4, -0.2) is 199 Å². The molecular weight excluding hydrogens is 1120 g/mol. The van der Waals surface area contributed by atoms with Crippen LogP contribution in [0.1, 0.15) is 106 Å². The van der Waals surface area contributed by atoms with Crippen molar-refractivity contribution in [3.05, 3.63) is 72.3 Å². The topological polar surface area (TPSA) is 254 Å². The van der Waals surface area contributed by atoms with Crippen molar-refractivity contribution in [3.8, 4) is 17.1 Å². The van der Waals surface area contributed by atoms with Crippen molar-refractivity contribution in [1.29, 1.82) is 0 Å². The van der Waals surface area contributed by atoms with Crippen LogP contribution >= 0.6 is 22.6 Å². The van der Waals surface area contributed by atoms with E-state index >= 15 is 0 Å². The van der Waals surface area contributed by atoms with Crippen LogP contribution in [0.5, 0.6) is 0 Å². The molecule has 78 heavy (non-hydrogen) atoms. The van der Waals surface area contributed by atoms with E-state index in [9.17, 15) is 30.3 Å². The maximum Gasteiger partial charge on any atom is 0.312 e. The van der Waals surface area contributed by atoms with Crippen LogP contribution in [0.3, 0.4) is 0 Å². The van der Waals surface area contributed by atoms with Crippen LogP contribution in [0.4, 0.5) is 0 Å². The Morgan fingerprint density at radius 1 is 0.872 bits per heavy atom. The lowest BCUT2D eigenvalue weighted by atomic mass is 9.77. The minimum Gasteiger partial charge on any atom is -0.448 e. The third-order valence-electron chi connectivity index (χ3n) is 16.5. The third kappa shape index (κ3) is 14.9. The highest BCUT2D eigenvalue weighted by atomic mass is 127. The molecular formula is C56H86IN9O12. The Bertz CT molecular complexity index is 2510. The number of carbonyl (C=O) groups excluding carboxylic acids is 1. The zero-order valence-electron chi connectivity index (χ0n) is 47.5. The molecule has 0 bridgehead atoms. The van der Waals surface area contributed by atoms with Gasteiger partial charge in [-0.15, -0.1) is 10.2 Å². The number of pyridine rings is 1. The molecule has 3 fully saturated rings. The van der Waals surface area contributed by atoms with Gasteiger partial charge in [-0.3, -0.25) is 14.5 Å². The first-order valence-corrected chi connectivity index (χ1v) is 28.8. The standard InChI is InChI=1S/C56H86IN9O12/c1-33-28-54(7,71)50(35(3)47(76-45-29-55(8,73-12)49(69)38(6)75-45)36(4)51(70)78-53(57)56(9,72)48(68)37(5)64(11)30-33)77-52-46(67)44(27-34(2)74-52)63(10)26-23-40-31-65(61-59-40)25-16-14-17-39-19-21-41(22-20-39)66-32-43(60-62-66)42-18-13-15-24-58-42/h13,15,18-22,24,31-38,44-50,52-53,67-69,71-72H,14,16-17,23,25-30H2,1-12H3/t33-,34-,35+,36-,37-,38+,44+,45+,46-,47+,48-,49+,50-,52+,53+,54-,55-,56+/m1/s1. The summed E-state index contributed by atoms with van der Waals surface area (Å²) in [6.45, 7) is 17.5. The molecule has 1 aromatic carbocycles. The molecule has 3 aliphatic heterocycles. The lowest BCUT2D eigenvalue weighted by Gasteiger charge is -2.49. The number of aliphatic hydroxyl groups excluding tert-OH is 3. The van der Waals surface area contributed by atoms with Crippen LogP contribution in [0.25, 0.3) is 17.1 Å². The van der Waals surface area contributed by atoms with E-state index in [1.807, 2.05) is 110 Å². The predicted molar refractivity (Wildman–Crippen MR) is 298 cm³/mol. The quantitative estimate of drug-likeness (QED) is 0.0439. The van der Waals surface area contributed by atoms with Crippen molar-refractivity contribution in [1.82, 2.24) is 44.8 Å². The summed E-state index contributed by atoms with van der Waals surface area (Å²) < 4.78 is 40.6. The van der Waals surface area contributed by atoms with Gasteiger partial charge in [-0.1, -0.05) is 42.5 Å². The number of esters is 1. The van der Waals surface area contributed by atoms with Gasteiger partial charge in [-0.2, -0.15) is 0 Å². The number of cyclic esters (lactones) is 1. The molecule has 22 heteroatoms. The Morgan fingerprint density at radius 2 is 1.60 bits per heavy atom. The maximum absolute atomic E-state index is 14.4. The molecule has 21 nitrogen and oxygen atoms in total. The molecule has 5 N–H and O–H groups in total. The number of nitrogens with zero attached hydrogens (tertiary/aromatic N) is 9. The molecule has 3 saturated heterocycles. The number of aromatic nitrogens is 7. The molecule has 0 saturated carbocycles. The van der Waals surface area contributed by atoms with Crippen LogP contribution in [0.2, 0.25) is 0 Å². The number of aryl methyl sites for hydroxylation is 2. The SMILES string of the molecule is CO[C@]1(C)C[C@H](O[C@H]2[C@H](C)[C@@H](O[C@@H]3O[C@H](C)C[C@H](N(C)CCc4cn(CCCCc5ccc(-n6cc(-c7ccccn7)nn6)cc5)nn4)[C@H]3O)[C@](C)(O)C[C@@H](C)CN(C)[C@H](C)[C@@H](O)[C@](C)(O)[C@@H](I)OC(=O)[C@@H]2C)O[C@@H](C)[C@@H]1O. The molecule has 7 rings (SSSR count). The van der Waals surface area contributed by atoms with Gasteiger partial charge in [-0.05, 0) is 153 Å². The van der Waals surface area contributed by atoms with Gasteiger partial charge in [-0.25, -0.2) is 4.68 Å². The van der Waals surface area contributed by atoms with Crippen molar-refractivity contribution in [2.75, 3.05) is 34.3 Å². The van der Waals surface area contributed by atoms with Crippen LogP contribution in [0.15, 0.2) is 61.1 Å². The molecule has 3 aromatic heterocycles. The van der Waals surface area contributed by atoms with Gasteiger partial charge in [0.05, 0.1) is 64.8 Å². The van der Waals surface area contributed by atoms with Gasteiger partial charge >= 0.3 is 5.97 Å². The fraction of sp³-hybridized carbons (Fsp3) is 0.714. The number of hydrogen-bond donors (Lipinski definition) is 5. The van der Waals surface area contributed by atoms with E-state index in [0.29, 0.717) is 31.6 Å². The summed E-state index contributed by atoms with van der Waals surface area (Å²) in [6.07, 6.45) is 0.861. The fourth-order valence-electron chi connectivity index (χ4n) is 11.5. The molecule has 434 valence electrons. The van der Waals surface area contributed by atoms with Crippen molar-refractivity contribution >= 4 is 28.6 Å². The highest BCUT2D eigenvalue weighted by molar-refractivity contribution is 14.1. The molecule has 6 heterocycles. The van der Waals surface area contributed by atoms with Crippen molar-refractivity contribution in [3.63, 3.8) is 0 Å². The van der Waals surface area contributed by atoms with Gasteiger partial charge in [0.15, 0.2) is 16.7 Å². The normalized spacial score (nSPS) is 37.0. The lowest BCUT2D eigenvalue weighted by Crippen LogP contribution is -2.60. The Hall–Kier alpha value is -3.63. The summed E-state index contributed by atoms with van der Waals surface area (Å²) in [4.78, 5) is 22.7. The van der Waals surface area contributed by atoms with Gasteiger partial charge in [0.2, 0.25) is 0 Å². The van der Waals surface area contributed by atoms with E-state index in [-0.39, 0.29) is 24.9 Å².